The monoisotopic (exact) mass is 242 g/mol. The van der Waals surface area contributed by atoms with Crippen LogP contribution < -0.4 is 4.74 Å². The fourth-order valence-corrected chi connectivity index (χ4v) is 1.04. The van der Waals surface area contributed by atoms with Crippen LogP contribution in [0.5, 0.6) is 5.75 Å². The second kappa shape index (κ2) is 4.88. The predicted molar refractivity (Wildman–Crippen MR) is 53.6 cm³/mol. The fourth-order valence-electron chi connectivity index (χ4n) is 0.897. The molecule has 68 valence electrons. The minimum atomic E-state index is -0.318. The molecule has 1 aromatic rings. The molecule has 13 heavy (non-hydrogen) atoms. The van der Waals surface area contributed by atoms with Gasteiger partial charge in [-0.05, 0) is 12.1 Å². The first-order valence-electron chi connectivity index (χ1n) is 3.66. The molecule has 0 heterocycles. The van der Waals surface area contributed by atoms with E-state index >= 15 is 0 Å². The Hall–Kier alpha value is -1.01. The molecule has 0 aliphatic rings. The van der Waals surface area contributed by atoms with Crippen LogP contribution in [-0.2, 0) is 0 Å². The number of alkyl halides is 1. The Morgan fingerprint density at radius 1 is 1.54 bits per heavy atom. The van der Waals surface area contributed by atoms with Crippen LogP contribution >= 0.6 is 15.9 Å². The molecule has 0 atom stereocenters. The van der Waals surface area contributed by atoms with Crippen LogP contribution in [0.15, 0.2) is 18.2 Å². The molecule has 0 aromatic heterocycles. The summed E-state index contributed by atoms with van der Waals surface area (Å²) >= 11 is 3.18. The van der Waals surface area contributed by atoms with Gasteiger partial charge in [0.05, 0.1) is 18.0 Å². The normalized spacial score (nSPS) is 8.85. The Morgan fingerprint density at radius 3 is 2.92 bits per heavy atom. The van der Waals surface area contributed by atoms with E-state index in [9.17, 15) is 4.39 Å². The maximum atomic E-state index is 12.7. The van der Waals surface area contributed by atoms with Gasteiger partial charge in [-0.15, -0.1) is 0 Å². The van der Waals surface area contributed by atoms with Gasteiger partial charge < -0.3 is 4.74 Å². The largest absolute Gasteiger partial charge is 0.495 e. The highest BCUT2D eigenvalue weighted by Crippen LogP contribution is 2.17. The zero-order valence-corrected chi connectivity index (χ0v) is 8.69. The number of methoxy groups -OCH3 is 1. The molecule has 0 amide bonds. The van der Waals surface area contributed by atoms with Crippen LogP contribution in [0.25, 0.3) is 0 Å². The van der Waals surface area contributed by atoms with Crippen molar-refractivity contribution < 1.29 is 9.13 Å². The molecule has 1 aromatic carbocycles. The van der Waals surface area contributed by atoms with Gasteiger partial charge in [-0.1, -0.05) is 27.8 Å². The van der Waals surface area contributed by atoms with Gasteiger partial charge in [0, 0.05) is 6.07 Å². The second-order valence-corrected chi connectivity index (χ2v) is 2.84. The van der Waals surface area contributed by atoms with Crippen molar-refractivity contribution in [2.45, 2.75) is 0 Å². The summed E-state index contributed by atoms with van der Waals surface area (Å²) in [5, 5.41) is 0.591. The number of ether oxygens (including phenoxy) is 1. The molecule has 0 N–H and O–H groups in total. The summed E-state index contributed by atoms with van der Waals surface area (Å²) in [5.41, 5.74) is 0.698. The quantitative estimate of drug-likeness (QED) is 0.544. The van der Waals surface area contributed by atoms with Gasteiger partial charge in [0.2, 0.25) is 0 Å². The first-order chi connectivity index (χ1) is 6.27. The minimum absolute atomic E-state index is 0.318. The van der Waals surface area contributed by atoms with E-state index in [4.69, 9.17) is 4.74 Å². The zero-order chi connectivity index (χ0) is 9.68. The molecular formula is C10H8BrFO. The summed E-state index contributed by atoms with van der Waals surface area (Å²) in [7, 11) is 1.49. The Balaban J connectivity index is 3.06. The molecule has 1 nitrogen and oxygen atoms in total. The first-order valence-corrected chi connectivity index (χ1v) is 4.78. The highest BCUT2D eigenvalue weighted by atomic mass is 79.9. The molecule has 0 radical (unpaired) electrons. The van der Waals surface area contributed by atoms with Gasteiger partial charge in [0.25, 0.3) is 0 Å². The van der Waals surface area contributed by atoms with E-state index < -0.39 is 0 Å². The van der Waals surface area contributed by atoms with Crippen molar-refractivity contribution in [3.8, 4) is 17.6 Å². The number of hydrogen-bond acceptors (Lipinski definition) is 1. The first kappa shape index (κ1) is 10.1. The van der Waals surface area contributed by atoms with Crippen molar-refractivity contribution >= 4 is 15.9 Å². The number of halogens is 2. The van der Waals surface area contributed by atoms with Crippen LogP contribution in [0.2, 0.25) is 0 Å². The summed E-state index contributed by atoms with van der Waals surface area (Å²) in [6.07, 6.45) is 0. The summed E-state index contributed by atoms with van der Waals surface area (Å²) in [5.74, 6) is 5.82. The van der Waals surface area contributed by atoms with Crippen molar-refractivity contribution in [3.63, 3.8) is 0 Å². The molecule has 0 saturated heterocycles. The standard InChI is InChI=1S/C10H8BrFO/c1-13-10-7-9(12)5-4-8(10)3-2-6-11/h4-5,7H,6H2,1H3. The van der Waals surface area contributed by atoms with E-state index in [-0.39, 0.29) is 5.82 Å². The summed E-state index contributed by atoms with van der Waals surface area (Å²) in [6.45, 7) is 0. The molecule has 0 spiro atoms. The summed E-state index contributed by atoms with van der Waals surface area (Å²) < 4.78 is 17.7. The maximum Gasteiger partial charge on any atom is 0.137 e. The van der Waals surface area contributed by atoms with E-state index in [1.54, 1.807) is 6.07 Å². The Kier molecular flexibility index (Phi) is 3.78. The Bertz CT molecular complexity index is 352. The lowest BCUT2D eigenvalue weighted by atomic mass is 10.2. The average molecular weight is 243 g/mol. The van der Waals surface area contributed by atoms with Gasteiger partial charge in [-0.2, -0.15) is 0 Å². The molecule has 0 unspecified atom stereocenters. The topological polar surface area (TPSA) is 9.23 Å². The molecule has 0 aliphatic carbocycles. The van der Waals surface area contributed by atoms with Crippen LogP contribution in [0, 0.1) is 17.7 Å². The third-order valence-corrected chi connectivity index (χ3v) is 1.73. The third-order valence-electron chi connectivity index (χ3n) is 1.45. The molecule has 1 rings (SSSR count). The average Bonchev–Trinajstić information content (AvgIpc) is 2.16. The predicted octanol–water partition coefficient (Wildman–Crippen LogP) is 2.58. The number of hydrogen-bond donors (Lipinski definition) is 0. The molecule has 0 bridgehead atoms. The minimum Gasteiger partial charge on any atom is -0.495 e. The van der Waals surface area contributed by atoms with E-state index in [1.165, 1.54) is 19.2 Å². The van der Waals surface area contributed by atoms with Crippen molar-refractivity contribution in [1.29, 1.82) is 0 Å². The van der Waals surface area contributed by atoms with E-state index in [0.717, 1.165) is 0 Å². The molecule has 0 aliphatic heterocycles. The lowest BCUT2D eigenvalue weighted by Crippen LogP contribution is -1.88. The van der Waals surface area contributed by atoms with Crippen LogP contribution in [0.1, 0.15) is 5.56 Å². The van der Waals surface area contributed by atoms with Crippen molar-refractivity contribution in [3.05, 3.63) is 29.6 Å². The Morgan fingerprint density at radius 2 is 2.31 bits per heavy atom. The number of rotatable bonds is 1. The van der Waals surface area contributed by atoms with E-state index in [2.05, 4.69) is 27.8 Å². The fraction of sp³-hybridized carbons (Fsp3) is 0.200. The van der Waals surface area contributed by atoms with Gasteiger partial charge in [-0.3, -0.25) is 0 Å². The zero-order valence-electron chi connectivity index (χ0n) is 7.10. The molecule has 0 fully saturated rings. The van der Waals surface area contributed by atoms with Crippen LogP contribution in [0.3, 0.4) is 0 Å². The third kappa shape index (κ3) is 2.74. The van der Waals surface area contributed by atoms with Crippen LogP contribution in [-0.4, -0.2) is 12.4 Å². The van der Waals surface area contributed by atoms with Gasteiger partial charge in [0.15, 0.2) is 0 Å². The smallest absolute Gasteiger partial charge is 0.137 e. The highest BCUT2D eigenvalue weighted by Gasteiger charge is 2.00. The lowest BCUT2D eigenvalue weighted by Gasteiger charge is -2.01. The van der Waals surface area contributed by atoms with Crippen molar-refractivity contribution in [1.82, 2.24) is 0 Å². The lowest BCUT2D eigenvalue weighted by molar-refractivity contribution is 0.410. The van der Waals surface area contributed by atoms with Gasteiger partial charge in [-0.25, -0.2) is 4.39 Å². The van der Waals surface area contributed by atoms with Crippen molar-refractivity contribution in [2.75, 3.05) is 12.4 Å². The summed E-state index contributed by atoms with van der Waals surface area (Å²) in [4.78, 5) is 0. The second-order valence-electron chi connectivity index (χ2n) is 2.28. The van der Waals surface area contributed by atoms with Crippen molar-refractivity contribution in [2.24, 2.45) is 0 Å². The van der Waals surface area contributed by atoms with E-state index in [1.807, 2.05) is 0 Å². The molecule has 3 heteroatoms. The molecule has 0 saturated carbocycles. The van der Waals surface area contributed by atoms with E-state index in [0.29, 0.717) is 16.6 Å². The maximum absolute atomic E-state index is 12.7. The SMILES string of the molecule is COc1cc(F)ccc1C#CCBr. The summed E-state index contributed by atoms with van der Waals surface area (Å²) in [6, 6.07) is 4.28. The van der Waals surface area contributed by atoms with Gasteiger partial charge in [0.1, 0.15) is 11.6 Å². The van der Waals surface area contributed by atoms with Gasteiger partial charge >= 0.3 is 0 Å². The number of benzene rings is 1. The molecular weight excluding hydrogens is 235 g/mol. The highest BCUT2D eigenvalue weighted by molar-refractivity contribution is 9.09. The Labute approximate surface area is 85.0 Å². The van der Waals surface area contributed by atoms with Crippen LogP contribution in [0.4, 0.5) is 4.39 Å².